The molecule has 150 valence electrons. The lowest BCUT2D eigenvalue weighted by atomic mass is 10.1. The normalized spacial score (nSPS) is 12.9. The molecular weight excluding hydrogens is 374 g/mol. The number of benzene rings is 2. The molecule has 0 aliphatic carbocycles. The lowest BCUT2D eigenvalue weighted by Gasteiger charge is -2.19. The summed E-state index contributed by atoms with van der Waals surface area (Å²) in [6.45, 7) is 5.05. The Morgan fingerprint density at radius 3 is 2.41 bits per heavy atom. The van der Waals surface area contributed by atoms with E-state index in [1.807, 2.05) is 6.92 Å². The van der Waals surface area contributed by atoms with Gasteiger partial charge < -0.3 is 19.6 Å². The number of carbonyl (C=O) groups excluding carboxylic acids is 1. The van der Waals surface area contributed by atoms with Crippen molar-refractivity contribution in [1.29, 1.82) is 0 Å². The van der Waals surface area contributed by atoms with E-state index >= 15 is 0 Å². The van der Waals surface area contributed by atoms with Crippen molar-refractivity contribution in [2.75, 3.05) is 0 Å². The standard InChI is InChI=1S/C22H21NO6/c1-12-13(2)22(27)29-18-11-16(9-10-17(12)18)28-14(3)20(24)23-19(21(25)26)15-7-5-4-6-8-15/h4-11,14,19H,1-3H3,(H,23,24)(H,25,26)/t14?,19-/m1/s1. The maximum atomic E-state index is 12.5. The van der Waals surface area contributed by atoms with Crippen molar-refractivity contribution >= 4 is 22.8 Å². The first-order valence-electron chi connectivity index (χ1n) is 9.06. The van der Waals surface area contributed by atoms with Crippen LogP contribution in [0.3, 0.4) is 0 Å². The van der Waals surface area contributed by atoms with E-state index in [0.29, 0.717) is 22.5 Å². The van der Waals surface area contributed by atoms with Gasteiger partial charge in [0.1, 0.15) is 11.3 Å². The average Bonchev–Trinajstić information content (AvgIpc) is 2.70. The van der Waals surface area contributed by atoms with Gasteiger partial charge in [-0.2, -0.15) is 0 Å². The number of hydrogen-bond acceptors (Lipinski definition) is 5. The smallest absolute Gasteiger partial charge is 0.339 e. The minimum Gasteiger partial charge on any atom is -0.481 e. The number of carboxylic acid groups (broad SMARTS) is 1. The third-order valence-electron chi connectivity index (χ3n) is 4.78. The summed E-state index contributed by atoms with van der Waals surface area (Å²) < 4.78 is 10.9. The molecule has 0 bridgehead atoms. The summed E-state index contributed by atoms with van der Waals surface area (Å²) in [4.78, 5) is 35.9. The zero-order chi connectivity index (χ0) is 21.1. The number of amides is 1. The first-order valence-corrected chi connectivity index (χ1v) is 9.06. The summed E-state index contributed by atoms with van der Waals surface area (Å²) >= 11 is 0. The van der Waals surface area contributed by atoms with E-state index in [9.17, 15) is 19.5 Å². The fourth-order valence-electron chi connectivity index (χ4n) is 2.95. The van der Waals surface area contributed by atoms with Gasteiger partial charge in [-0.15, -0.1) is 0 Å². The number of rotatable bonds is 6. The highest BCUT2D eigenvalue weighted by molar-refractivity contribution is 5.87. The highest BCUT2D eigenvalue weighted by atomic mass is 16.5. The largest absolute Gasteiger partial charge is 0.481 e. The van der Waals surface area contributed by atoms with Crippen LogP contribution in [-0.2, 0) is 9.59 Å². The van der Waals surface area contributed by atoms with Crippen molar-refractivity contribution < 1.29 is 23.8 Å². The van der Waals surface area contributed by atoms with Crippen molar-refractivity contribution in [2.45, 2.75) is 32.9 Å². The van der Waals surface area contributed by atoms with E-state index < -0.39 is 29.6 Å². The second-order valence-corrected chi connectivity index (χ2v) is 6.75. The molecule has 0 spiro atoms. The van der Waals surface area contributed by atoms with Gasteiger partial charge in [0.05, 0.1) is 0 Å². The molecule has 1 amide bonds. The van der Waals surface area contributed by atoms with Crippen molar-refractivity contribution in [3.63, 3.8) is 0 Å². The van der Waals surface area contributed by atoms with Gasteiger partial charge in [-0.3, -0.25) is 4.79 Å². The van der Waals surface area contributed by atoms with Crippen LogP contribution in [0.1, 0.15) is 29.7 Å². The van der Waals surface area contributed by atoms with Gasteiger partial charge in [0, 0.05) is 17.0 Å². The molecule has 1 unspecified atom stereocenters. The van der Waals surface area contributed by atoms with Crippen LogP contribution in [-0.4, -0.2) is 23.1 Å². The molecule has 0 radical (unpaired) electrons. The predicted octanol–water partition coefficient (Wildman–Crippen LogP) is 3.12. The van der Waals surface area contributed by atoms with Crippen LogP contribution in [0.4, 0.5) is 0 Å². The Labute approximate surface area is 166 Å². The second kappa shape index (κ2) is 8.18. The number of fused-ring (bicyclic) bond motifs is 1. The maximum Gasteiger partial charge on any atom is 0.339 e. The fraction of sp³-hybridized carbons (Fsp3) is 0.227. The second-order valence-electron chi connectivity index (χ2n) is 6.75. The topological polar surface area (TPSA) is 106 Å². The molecule has 1 aromatic heterocycles. The highest BCUT2D eigenvalue weighted by Gasteiger charge is 2.25. The van der Waals surface area contributed by atoms with Crippen LogP contribution in [0.25, 0.3) is 11.0 Å². The van der Waals surface area contributed by atoms with E-state index in [1.54, 1.807) is 55.5 Å². The van der Waals surface area contributed by atoms with Gasteiger partial charge in [0.2, 0.25) is 0 Å². The zero-order valence-corrected chi connectivity index (χ0v) is 16.3. The third kappa shape index (κ3) is 4.29. The lowest BCUT2D eigenvalue weighted by molar-refractivity contribution is -0.143. The van der Waals surface area contributed by atoms with E-state index in [0.717, 1.165) is 10.9 Å². The number of carbonyl (C=O) groups is 2. The molecule has 2 N–H and O–H groups in total. The SMILES string of the molecule is Cc1c(C)c2ccc(OC(C)C(=O)N[C@@H](C(=O)O)c3ccccc3)cc2oc1=O. The lowest BCUT2D eigenvalue weighted by Crippen LogP contribution is -2.41. The van der Waals surface area contributed by atoms with Crippen LogP contribution in [0.15, 0.2) is 57.7 Å². The first kappa shape index (κ1) is 20.1. The molecule has 1 heterocycles. The molecule has 0 aliphatic rings. The summed E-state index contributed by atoms with van der Waals surface area (Å²) in [6.07, 6.45) is -0.962. The van der Waals surface area contributed by atoms with Crippen molar-refractivity contribution in [3.8, 4) is 5.75 Å². The number of ether oxygens (including phenoxy) is 1. The Kier molecular flexibility index (Phi) is 5.68. The summed E-state index contributed by atoms with van der Waals surface area (Å²) in [7, 11) is 0. The minimum atomic E-state index is -1.19. The molecule has 0 fully saturated rings. The fourth-order valence-corrected chi connectivity index (χ4v) is 2.95. The third-order valence-corrected chi connectivity index (χ3v) is 4.78. The summed E-state index contributed by atoms with van der Waals surface area (Å²) in [5.74, 6) is -1.42. The van der Waals surface area contributed by atoms with E-state index in [-0.39, 0.29) is 0 Å². The molecule has 7 nitrogen and oxygen atoms in total. The Hall–Kier alpha value is -3.61. The van der Waals surface area contributed by atoms with Gasteiger partial charge >= 0.3 is 11.6 Å². The molecular formula is C22H21NO6. The summed E-state index contributed by atoms with van der Waals surface area (Å²) in [5, 5.41) is 12.7. The predicted molar refractivity (Wildman–Crippen MR) is 107 cm³/mol. The molecule has 29 heavy (non-hydrogen) atoms. The number of aliphatic carboxylic acids is 1. The summed E-state index contributed by atoms with van der Waals surface area (Å²) in [6, 6.07) is 12.2. The first-order chi connectivity index (χ1) is 13.8. The number of aryl methyl sites for hydroxylation is 1. The summed E-state index contributed by atoms with van der Waals surface area (Å²) in [5.41, 5.74) is 1.75. The van der Waals surface area contributed by atoms with E-state index in [1.165, 1.54) is 6.92 Å². The molecule has 3 rings (SSSR count). The molecule has 0 saturated heterocycles. The van der Waals surface area contributed by atoms with Crippen LogP contribution >= 0.6 is 0 Å². The quantitative estimate of drug-likeness (QED) is 0.621. The highest BCUT2D eigenvalue weighted by Crippen LogP contribution is 2.24. The number of nitrogens with one attached hydrogen (secondary N) is 1. The Bertz CT molecular complexity index is 1120. The van der Waals surface area contributed by atoms with Crippen LogP contribution in [0.2, 0.25) is 0 Å². The van der Waals surface area contributed by atoms with Crippen molar-refractivity contribution in [1.82, 2.24) is 5.32 Å². The zero-order valence-electron chi connectivity index (χ0n) is 16.3. The van der Waals surface area contributed by atoms with Gasteiger partial charge in [-0.05, 0) is 44.0 Å². The average molecular weight is 395 g/mol. The van der Waals surface area contributed by atoms with Crippen LogP contribution in [0, 0.1) is 13.8 Å². The molecule has 0 saturated carbocycles. The molecule has 3 aromatic rings. The van der Waals surface area contributed by atoms with E-state index in [4.69, 9.17) is 9.15 Å². The van der Waals surface area contributed by atoms with Gasteiger partial charge in [-0.25, -0.2) is 9.59 Å². The Morgan fingerprint density at radius 2 is 1.76 bits per heavy atom. The molecule has 0 aliphatic heterocycles. The monoisotopic (exact) mass is 395 g/mol. The van der Waals surface area contributed by atoms with Crippen LogP contribution < -0.4 is 15.7 Å². The molecule has 2 atom stereocenters. The molecule has 7 heteroatoms. The Balaban J connectivity index is 1.77. The van der Waals surface area contributed by atoms with E-state index in [2.05, 4.69) is 5.32 Å². The van der Waals surface area contributed by atoms with Gasteiger partial charge in [0.25, 0.3) is 5.91 Å². The molecule has 2 aromatic carbocycles. The Morgan fingerprint density at radius 1 is 1.07 bits per heavy atom. The number of hydrogen-bond donors (Lipinski definition) is 2. The van der Waals surface area contributed by atoms with Crippen LogP contribution in [0.5, 0.6) is 5.75 Å². The van der Waals surface area contributed by atoms with Gasteiger partial charge in [-0.1, -0.05) is 30.3 Å². The van der Waals surface area contributed by atoms with Crippen molar-refractivity contribution in [3.05, 3.63) is 75.6 Å². The number of carboxylic acids is 1. The van der Waals surface area contributed by atoms with Gasteiger partial charge in [0.15, 0.2) is 12.1 Å². The van der Waals surface area contributed by atoms with Crippen molar-refractivity contribution in [2.24, 2.45) is 0 Å². The maximum absolute atomic E-state index is 12.5. The minimum absolute atomic E-state index is 0.332.